The van der Waals surface area contributed by atoms with Crippen LogP contribution in [0.1, 0.15) is 23.6 Å². The van der Waals surface area contributed by atoms with Crippen molar-refractivity contribution in [1.29, 1.82) is 5.26 Å². The number of halogens is 1. The van der Waals surface area contributed by atoms with Gasteiger partial charge in [-0.1, -0.05) is 28.1 Å². The lowest BCUT2D eigenvalue weighted by molar-refractivity contribution is -0.142. The van der Waals surface area contributed by atoms with Crippen LogP contribution in [0.15, 0.2) is 12.1 Å². The van der Waals surface area contributed by atoms with E-state index in [1.807, 2.05) is 6.07 Å². The Morgan fingerprint density at radius 3 is 2.71 bits per heavy atom. The first-order valence-corrected chi connectivity index (χ1v) is 6.21. The number of nitrogens with zero attached hydrogens (tertiary/aromatic N) is 1. The number of aromatic hydroxyl groups is 1. The molecule has 0 heterocycles. The molecule has 17 heavy (non-hydrogen) atoms. The molecule has 90 valence electrons. The number of esters is 1. The normalized spacial score (nSPS) is 9.71. The lowest BCUT2D eigenvalue weighted by Crippen LogP contribution is -2.09. The van der Waals surface area contributed by atoms with Crippen LogP contribution in [0.5, 0.6) is 5.75 Å². The second kappa shape index (κ2) is 6.26. The molecule has 0 aliphatic heterocycles. The van der Waals surface area contributed by atoms with E-state index in [-0.39, 0.29) is 17.7 Å². The molecular weight excluding hydrogens is 286 g/mol. The van der Waals surface area contributed by atoms with E-state index < -0.39 is 5.97 Å². The van der Waals surface area contributed by atoms with Gasteiger partial charge in [-0.3, -0.25) is 4.79 Å². The topological polar surface area (TPSA) is 70.3 Å². The number of ether oxygens (including phenoxy) is 1. The lowest BCUT2D eigenvalue weighted by Gasteiger charge is -2.08. The molecule has 0 bridgehead atoms. The van der Waals surface area contributed by atoms with Crippen molar-refractivity contribution in [3.05, 3.63) is 28.8 Å². The van der Waals surface area contributed by atoms with Gasteiger partial charge >= 0.3 is 5.97 Å². The van der Waals surface area contributed by atoms with E-state index in [4.69, 9.17) is 10.00 Å². The first-order chi connectivity index (χ1) is 8.13. The van der Waals surface area contributed by atoms with Crippen molar-refractivity contribution in [2.24, 2.45) is 0 Å². The van der Waals surface area contributed by atoms with Gasteiger partial charge in [0.15, 0.2) is 0 Å². The van der Waals surface area contributed by atoms with Crippen molar-refractivity contribution in [1.82, 2.24) is 0 Å². The van der Waals surface area contributed by atoms with Crippen molar-refractivity contribution < 1.29 is 14.6 Å². The second-order valence-corrected chi connectivity index (χ2v) is 3.90. The summed E-state index contributed by atoms with van der Waals surface area (Å²) in [6, 6.07) is 5.25. The van der Waals surface area contributed by atoms with Crippen molar-refractivity contribution in [3.8, 4) is 11.8 Å². The van der Waals surface area contributed by atoms with Crippen LogP contribution in [0.2, 0.25) is 0 Å². The fourth-order valence-electron chi connectivity index (χ4n) is 1.42. The van der Waals surface area contributed by atoms with Crippen molar-refractivity contribution in [2.45, 2.75) is 18.7 Å². The first-order valence-electron chi connectivity index (χ1n) is 5.09. The molecule has 0 saturated carbocycles. The molecule has 0 saturated heterocycles. The number of carbonyl (C=O) groups is 1. The zero-order valence-corrected chi connectivity index (χ0v) is 11.0. The molecule has 0 aliphatic rings. The van der Waals surface area contributed by atoms with E-state index in [0.29, 0.717) is 23.1 Å². The van der Waals surface area contributed by atoms with Gasteiger partial charge in [-0.25, -0.2) is 0 Å². The zero-order valence-electron chi connectivity index (χ0n) is 9.36. The van der Waals surface area contributed by atoms with Gasteiger partial charge < -0.3 is 9.84 Å². The quantitative estimate of drug-likeness (QED) is 0.684. The number of benzene rings is 1. The Bertz CT molecular complexity index is 466. The lowest BCUT2D eigenvalue weighted by atomic mass is 10.0. The van der Waals surface area contributed by atoms with Crippen molar-refractivity contribution in [2.75, 3.05) is 6.61 Å². The molecule has 0 unspecified atom stereocenters. The third kappa shape index (κ3) is 3.21. The Balaban J connectivity index is 3.06. The Labute approximate surface area is 108 Å². The summed E-state index contributed by atoms with van der Waals surface area (Å²) in [4.78, 5) is 11.3. The number of hydrogen-bond acceptors (Lipinski definition) is 4. The summed E-state index contributed by atoms with van der Waals surface area (Å²) in [5, 5.41) is 19.2. The highest BCUT2D eigenvalue weighted by atomic mass is 79.9. The van der Waals surface area contributed by atoms with Gasteiger partial charge in [-0.2, -0.15) is 5.26 Å². The molecule has 0 radical (unpaired) electrons. The van der Waals surface area contributed by atoms with E-state index in [1.165, 1.54) is 0 Å². The summed E-state index contributed by atoms with van der Waals surface area (Å²) < 4.78 is 4.80. The number of phenolic OH excluding ortho intramolecular Hbond substituents is 1. The van der Waals surface area contributed by atoms with E-state index in [9.17, 15) is 9.90 Å². The molecule has 0 fully saturated rings. The number of rotatable bonds is 4. The number of hydrogen-bond donors (Lipinski definition) is 1. The molecule has 0 aliphatic carbocycles. The van der Waals surface area contributed by atoms with Crippen LogP contribution in [0.4, 0.5) is 0 Å². The Hall–Kier alpha value is -1.54. The number of alkyl halides is 1. The van der Waals surface area contributed by atoms with Gasteiger partial charge in [0.1, 0.15) is 11.8 Å². The van der Waals surface area contributed by atoms with Crippen LogP contribution >= 0.6 is 15.9 Å². The van der Waals surface area contributed by atoms with Gasteiger partial charge in [0, 0.05) is 10.9 Å². The van der Waals surface area contributed by atoms with Crippen LogP contribution in [0.3, 0.4) is 0 Å². The maximum absolute atomic E-state index is 11.3. The van der Waals surface area contributed by atoms with Gasteiger partial charge in [-0.05, 0) is 12.5 Å². The van der Waals surface area contributed by atoms with Gasteiger partial charge in [-0.15, -0.1) is 0 Å². The average molecular weight is 298 g/mol. The first kappa shape index (κ1) is 13.5. The Morgan fingerprint density at radius 1 is 1.53 bits per heavy atom. The molecular formula is C12H12BrNO3. The van der Waals surface area contributed by atoms with E-state index in [1.54, 1.807) is 19.1 Å². The number of nitriles is 1. The average Bonchev–Trinajstić information content (AvgIpc) is 2.30. The standard InChI is InChI=1S/C12H12BrNO3/c1-2-17-11(15)5-8-3-4-9(6-13)12(16)10(8)7-14/h3-4,16H,2,5-6H2,1H3. The molecule has 0 aromatic heterocycles. The molecule has 0 spiro atoms. The van der Waals surface area contributed by atoms with Crippen LogP contribution in [-0.4, -0.2) is 17.7 Å². The Kier molecular flexibility index (Phi) is 4.98. The highest BCUT2D eigenvalue weighted by molar-refractivity contribution is 9.08. The maximum Gasteiger partial charge on any atom is 0.310 e. The Morgan fingerprint density at radius 2 is 2.18 bits per heavy atom. The second-order valence-electron chi connectivity index (χ2n) is 3.33. The maximum atomic E-state index is 11.3. The smallest absolute Gasteiger partial charge is 0.310 e. The molecule has 4 nitrogen and oxygen atoms in total. The fourth-order valence-corrected chi connectivity index (χ4v) is 1.88. The third-order valence-corrected chi connectivity index (χ3v) is 2.85. The van der Waals surface area contributed by atoms with E-state index in [2.05, 4.69) is 15.9 Å². The van der Waals surface area contributed by atoms with Crippen LogP contribution in [-0.2, 0) is 21.3 Å². The third-order valence-electron chi connectivity index (χ3n) is 2.24. The molecule has 1 aromatic rings. The summed E-state index contributed by atoms with van der Waals surface area (Å²) in [5.41, 5.74) is 1.23. The summed E-state index contributed by atoms with van der Waals surface area (Å²) in [6.45, 7) is 2.01. The van der Waals surface area contributed by atoms with Crippen LogP contribution in [0.25, 0.3) is 0 Å². The summed E-state index contributed by atoms with van der Waals surface area (Å²) in [6.07, 6.45) is -0.00708. The molecule has 1 aromatic carbocycles. The minimum absolute atomic E-state index is 0.00708. The van der Waals surface area contributed by atoms with Gasteiger partial charge in [0.05, 0.1) is 18.6 Å². The van der Waals surface area contributed by atoms with E-state index in [0.717, 1.165) is 0 Å². The SMILES string of the molecule is CCOC(=O)Cc1ccc(CBr)c(O)c1C#N. The van der Waals surface area contributed by atoms with Crippen LogP contribution in [0, 0.1) is 11.3 Å². The van der Waals surface area contributed by atoms with E-state index >= 15 is 0 Å². The zero-order chi connectivity index (χ0) is 12.8. The van der Waals surface area contributed by atoms with Crippen molar-refractivity contribution in [3.63, 3.8) is 0 Å². The largest absolute Gasteiger partial charge is 0.506 e. The molecule has 1 rings (SSSR count). The van der Waals surface area contributed by atoms with Gasteiger partial charge in [0.2, 0.25) is 0 Å². The minimum Gasteiger partial charge on any atom is -0.506 e. The van der Waals surface area contributed by atoms with Gasteiger partial charge in [0.25, 0.3) is 0 Å². The highest BCUT2D eigenvalue weighted by Crippen LogP contribution is 2.27. The molecule has 5 heteroatoms. The molecule has 0 amide bonds. The predicted octanol–water partition coefficient (Wildman–Crippen LogP) is 2.26. The predicted molar refractivity (Wildman–Crippen MR) is 65.8 cm³/mol. The highest BCUT2D eigenvalue weighted by Gasteiger charge is 2.14. The number of phenols is 1. The molecule has 0 atom stereocenters. The monoisotopic (exact) mass is 297 g/mol. The fraction of sp³-hybridized carbons (Fsp3) is 0.333. The van der Waals surface area contributed by atoms with Crippen LogP contribution < -0.4 is 0 Å². The number of carbonyl (C=O) groups excluding carboxylic acids is 1. The summed E-state index contributed by atoms with van der Waals surface area (Å²) >= 11 is 3.21. The minimum atomic E-state index is -0.407. The summed E-state index contributed by atoms with van der Waals surface area (Å²) in [7, 11) is 0. The van der Waals surface area contributed by atoms with Crippen molar-refractivity contribution >= 4 is 21.9 Å². The molecule has 1 N–H and O–H groups in total. The summed E-state index contributed by atoms with van der Waals surface area (Å²) in [5.74, 6) is -0.485.